The number of benzene rings is 1. The third kappa shape index (κ3) is 6.05. The molecular formula is C23H34N2O2. The SMILES string of the molecule is COCCN1CCCC2(CCN(Cc3ccc(C#CC(C)(C)O)cc3)C2)C1. The van der Waals surface area contributed by atoms with Crippen molar-refractivity contribution in [3.8, 4) is 11.8 Å². The molecule has 0 aromatic heterocycles. The van der Waals surface area contributed by atoms with Crippen molar-refractivity contribution < 1.29 is 9.84 Å². The molecule has 1 atom stereocenters. The predicted octanol–water partition coefficient (Wildman–Crippen LogP) is 2.74. The fourth-order valence-corrected chi connectivity index (χ4v) is 4.39. The topological polar surface area (TPSA) is 35.9 Å². The summed E-state index contributed by atoms with van der Waals surface area (Å²) in [5.74, 6) is 5.91. The minimum atomic E-state index is -0.945. The molecule has 3 rings (SSSR count). The molecule has 1 spiro atoms. The molecule has 4 heteroatoms. The van der Waals surface area contributed by atoms with E-state index in [4.69, 9.17) is 4.74 Å². The van der Waals surface area contributed by atoms with Gasteiger partial charge in [-0.2, -0.15) is 0 Å². The average Bonchev–Trinajstić information content (AvgIpc) is 3.00. The zero-order valence-corrected chi connectivity index (χ0v) is 17.1. The van der Waals surface area contributed by atoms with Crippen LogP contribution in [-0.2, 0) is 11.3 Å². The Hall–Kier alpha value is -1.38. The smallest absolute Gasteiger partial charge is 0.120 e. The minimum Gasteiger partial charge on any atom is -0.383 e. The summed E-state index contributed by atoms with van der Waals surface area (Å²) >= 11 is 0. The normalized spacial score (nSPS) is 24.1. The van der Waals surface area contributed by atoms with E-state index in [-0.39, 0.29) is 0 Å². The lowest BCUT2D eigenvalue weighted by atomic mass is 9.79. The van der Waals surface area contributed by atoms with Gasteiger partial charge in [-0.05, 0) is 69.3 Å². The van der Waals surface area contributed by atoms with E-state index in [2.05, 4.69) is 45.9 Å². The lowest BCUT2D eigenvalue weighted by Crippen LogP contribution is -2.45. The van der Waals surface area contributed by atoms with Gasteiger partial charge in [0.15, 0.2) is 0 Å². The molecule has 4 nitrogen and oxygen atoms in total. The van der Waals surface area contributed by atoms with Crippen LogP contribution in [0.4, 0.5) is 0 Å². The van der Waals surface area contributed by atoms with Crippen LogP contribution in [0.2, 0.25) is 0 Å². The minimum absolute atomic E-state index is 0.476. The highest BCUT2D eigenvalue weighted by atomic mass is 16.5. The molecule has 1 N–H and O–H groups in total. The number of nitrogens with zero attached hydrogens (tertiary/aromatic N) is 2. The van der Waals surface area contributed by atoms with E-state index in [1.54, 1.807) is 21.0 Å². The van der Waals surface area contributed by atoms with Crippen molar-refractivity contribution in [1.82, 2.24) is 9.80 Å². The quantitative estimate of drug-likeness (QED) is 0.809. The maximum absolute atomic E-state index is 9.72. The van der Waals surface area contributed by atoms with Crippen molar-refractivity contribution in [3.05, 3.63) is 35.4 Å². The number of hydrogen-bond donors (Lipinski definition) is 1. The van der Waals surface area contributed by atoms with Crippen LogP contribution in [0.5, 0.6) is 0 Å². The summed E-state index contributed by atoms with van der Waals surface area (Å²) in [6, 6.07) is 8.47. The number of piperidine rings is 1. The van der Waals surface area contributed by atoms with Crippen molar-refractivity contribution in [2.75, 3.05) is 46.4 Å². The van der Waals surface area contributed by atoms with Crippen LogP contribution >= 0.6 is 0 Å². The number of rotatable bonds is 5. The summed E-state index contributed by atoms with van der Waals surface area (Å²) in [5.41, 5.74) is 1.83. The van der Waals surface area contributed by atoms with Gasteiger partial charge in [-0.25, -0.2) is 0 Å². The molecule has 2 heterocycles. The molecule has 0 amide bonds. The Bertz CT molecular complexity index is 668. The fourth-order valence-electron chi connectivity index (χ4n) is 4.39. The molecule has 1 aromatic rings. The van der Waals surface area contributed by atoms with Gasteiger partial charge in [0.2, 0.25) is 0 Å². The van der Waals surface area contributed by atoms with Crippen LogP contribution in [-0.4, -0.2) is 66.9 Å². The maximum Gasteiger partial charge on any atom is 0.120 e. The molecule has 0 saturated carbocycles. The second-order valence-corrected chi connectivity index (χ2v) is 8.84. The van der Waals surface area contributed by atoms with Crippen molar-refractivity contribution >= 4 is 0 Å². The van der Waals surface area contributed by atoms with Gasteiger partial charge in [0.1, 0.15) is 5.60 Å². The molecule has 0 bridgehead atoms. The first-order valence-corrected chi connectivity index (χ1v) is 10.2. The number of methoxy groups -OCH3 is 1. The first-order valence-electron chi connectivity index (χ1n) is 10.2. The summed E-state index contributed by atoms with van der Waals surface area (Å²) in [5, 5.41) is 9.72. The molecule has 1 aromatic carbocycles. The van der Waals surface area contributed by atoms with Crippen molar-refractivity contribution in [2.45, 2.75) is 45.3 Å². The van der Waals surface area contributed by atoms with Crippen LogP contribution in [0.25, 0.3) is 0 Å². The summed E-state index contributed by atoms with van der Waals surface area (Å²) in [6.07, 6.45) is 3.98. The highest BCUT2D eigenvalue weighted by Crippen LogP contribution is 2.39. The molecule has 148 valence electrons. The molecule has 0 radical (unpaired) electrons. The van der Waals surface area contributed by atoms with Gasteiger partial charge in [0.25, 0.3) is 0 Å². The highest BCUT2D eigenvalue weighted by Gasteiger charge is 2.40. The highest BCUT2D eigenvalue weighted by molar-refractivity contribution is 5.37. The number of likely N-dealkylation sites (tertiary alicyclic amines) is 2. The Morgan fingerprint density at radius 1 is 1.11 bits per heavy atom. The summed E-state index contributed by atoms with van der Waals surface area (Å²) in [7, 11) is 1.79. The molecule has 27 heavy (non-hydrogen) atoms. The van der Waals surface area contributed by atoms with Gasteiger partial charge in [-0.15, -0.1) is 0 Å². The van der Waals surface area contributed by atoms with Crippen molar-refractivity contribution in [2.24, 2.45) is 5.41 Å². The maximum atomic E-state index is 9.72. The van der Waals surface area contributed by atoms with E-state index in [0.717, 1.165) is 25.3 Å². The Morgan fingerprint density at radius 3 is 2.56 bits per heavy atom. The van der Waals surface area contributed by atoms with Crippen LogP contribution in [0, 0.1) is 17.3 Å². The van der Waals surface area contributed by atoms with Gasteiger partial charge < -0.3 is 14.7 Å². The van der Waals surface area contributed by atoms with Crippen LogP contribution in [0.3, 0.4) is 0 Å². The summed E-state index contributed by atoms with van der Waals surface area (Å²) in [4.78, 5) is 5.20. The number of ether oxygens (including phenoxy) is 1. The van der Waals surface area contributed by atoms with E-state index in [0.29, 0.717) is 5.41 Å². The molecule has 2 fully saturated rings. The first kappa shape index (κ1) is 20.4. The Morgan fingerprint density at radius 2 is 1.85 bits per heavy atom. The Balaban J connectivity index is 1.54. The van der Waals surface area contributed by atoms with Gasteiger partial charge in [-0.3, -0.25) is 4.90 Å². The Kier molecular flexibility index (Phi) is 6.60. The van der Waals surface area contributed by atoms with E-state index >= 15 is 0 Å². The second-order valence-electron chi connectivity index (χ2n) is 8.84. The third-order valence-electron chi connectivity index (χ3n) is 5.74. The second kappa shape index (κ2) is 8.75. The van der Waals surface area contributed by atoms with Gasteiger partial charge in [0.05, 0.1) is 6.61 Å². The summed E-state index contributed by atoms with van der Waals surface area (Å²) < 4.78 is 5.27. The number of aliphatic hydroxyl groups is 1. The van der Waals surface area contributed by atoms with Crippen molar-refractivity contribution in [1.29, 1.82) is 0 Å². The molecule has 2 aliphatic heterocycles. The molecule has 0 aliphatic carbocycles. The zero-order valence-electron chi connectivity index (χ0n) is 17.1. The Labute approximate surface area is 164 Å². The molecule has 2 saturated heterocycles. The van der Waals surface area contributed by atoms with Crippen LogP contribution in [0.1, 0.15) is 44.2 Å². The lowest BCUT2D eigenvalue weighted by Gasteiger charge is -2.40. The fraction of sp³-hybridized carbons (Fsp3) is 0.652. The molecule has 1 unspecified atom stereocenters. The zero-order chi connectivity index (χ0) is 19.3. The lowest BCUT2D eigenvalue weighted by molar-refractivity contribution is 0.0673. The first-order chi connectivity index (χ1) is 12.9. The van der Waals surface area contributed by atoms with Gasteiger partial charge in [-0.1, -0.05) is 24.0 Å². The standard InChI is InChI=1S/C23H34N2O2/c1-22(2,26)11-9-20-5-7-21(8-6-20)17-25-14-12-23(19-25)10-4-13-24(18-23)15-16-27-3/h5-8,26H,4,10,12-19H2,1-3H3. The largest absolute Gasteiger partial charge is 0.383 e. The summed E-state index contributed by atoms with van der Waals surface area (Å²) in [6.45, 7) is 11.2. The molecular weight excluding hydrogens is 336 g/mol. The monoisotopic (exact) mass is 370 g/mol. The van der Waals surface area contributed by atoms with Crippen molar-refractivity contribution in [3.63, 3.8) is 0 Å². The molecule has 2 aliphatic rings. The van der Waals surface area contributed by atoms with Crippen LogP contribution in [0.15, 0.2) is 24.3 Å². The van der Waals surface area contributed by atoms with E-state index in [1.807, 2.05) is 0 Å². The number of hydrogen-bond acceptors (Lipinski definition) is 4. The van der Waals surface area contributed by atoms with Gasteiger partial charge >= 0.3 is 0 Å². The van der Waals surface area contributed by atoms with E-state index < -0.39 is 5.60 Å². The average molecular weight is 371 g/mol. The van der Waals surface area contributed by atoms with E-state index in [9.17, 15) is 5.11 Å². The van der Waals surface area contributed by atoms with Gasteiger partial charge in [0, 0.05) is 38.9 Å². The predicted molar refractivity (Wildman–Crippen MR) is 109 cm³/mol. The third-order valence-corrected chi connectivity index (χ3v) is 5.74. The van der Waals surface area contributed by atoms with E-state index in [1.165, 1.54) is 51.0 Å². The van der Waals surface area contributed by atoms with Crippen LogP contribution < -0.4 is 0 Å².